The van der Waals surface area contributed by atoms with Crippen LogP contribution in [0.3, 0.4) is 0 Å². The standard InChI is InChI=1S/C33H44F3N3O3/c1-5-6-7-8-9-10-11-12-13-14-29-37-30(39-42-29)26-19-17-25(18-20-26)28(41-31(40)38-32(2,3)4)23-24-15-21-27(22-16-24)33(34,35)36/h15-22,28H,5-14,23H2,1-4H3,(H,38,40). The molecule has 2 aromatic carbocycles. The molecule has 0 radical (unpaired) electrons. The van der Waals surface area contributed by atoms with E-state index in [2.05, 4.69) is 22.4 Å². The molecule has 1 atom stereocenters. The van der Waals surface area contributed by atoms with E-state index < -0.39 is 29.5 Å². The number of benzene rings is 2. The van der Waals surface area contributed by atoms with Crippen LogP contribution in [-0.4, -0.2) is 21.8 Å². The number of hydrogen-bond acceptors (Lipinski definition) is 5. The van der Waals surface area contributed by atoms with E-state index in [4.69, 9.17) is 9.26 Å². The van der Waals surface area contributed by atoms with Gasteiger partial charge in [-0.15, -0.1) is 0 Å². The molecule has 42 heavy (non-hydrogen) atoms. The molecule has 0 fully saturated rings. The molecule has 0 aliphatic carbocycles. The summed E-state index contributed by atoms with van der Waals surface area (Å²) in [6.07, 6.45) is 6.41. The predicted molar refractivity (Wildman–Crippen MR) is 158 cm³/mol. The minimum atomic E-state index is -4.42. The van der Waals surface area contributed by atoms with Crippen molar-refractivity contribution in [2.45, 2.75) is 116 Å². The van der Waals surface area contributed by atoms with E-state index >= 15 is 0 Å². The number of hydrogen-bond donors (Lipinski definition) is 1. The van der Waals surface area contributed by atoms with Crippen molar-refractivity contribution in [3.05, 3.63) is 71.1 Å². The second kappa shape index (κ2) is 15.8. The average Bonchev–Trinajstić information content (AvgIpc) is 3.40. The zero-order valence-electron chi connectivity index (χ0n) is 25.2. The third kappa shape index (κ3) is 11.5. The van der Waals surface area contributed by atoms with Crippen molar-refractivity contribution in [3.8, 4) is 11.4 Å². The zero-order chi connectivity index (χ0) is 30.6. The number of halogens is 3. The minimum absolute atomic E-state index is 0.208. The van der Waals surface area contributed by atoms with Crippen molar-refractivity contribution in [1.82, 2.24) is 15.5 Å². The van der Waals surface area contributed by atoms with Gasteiger partial charge >= 0.3 is 12.3 Å². The van der Waals surface area contributed by atoms with Gasteiger partial charge in [-0.1, -0.05) is 99.8 Å². The van der Waals surface area contributed by atoms with Crippen LogP contribution >= 0.6 is 0 Å². The normalized spacial score (nSPS) is 12.7. The summed E-state index contributed by atoms with van der Waals surface area (Å²) in [5, 5.41) is 6.90. The number of rotatable bonds is 15. The van der Waals surface area contributed by atoms with Crippen molar-refractivity contribution < 1.29 is 27.2 Å². The highest BCUT2D eigenvalue weighted by atomic mass is 19.4. The Morgan fingerprint density at radius 2 is 1.48 bits per heavy atom. The summed E-state index contributed by atoms with van der Waals surface area (Å²) in [5.74, 6) is 1.09. The van der Waals surface area contributed by atoms with Gasteiger partial charge in [-0.05, 0) is 50.5 Å². The predicted octanol–water partition coefficient (Wildman–Crippen LogP) is 9.64. The van der Waals surface area contributed by atoms with Crippen LogP contribution in [0.15, 0.2) is 53.1 Å². The summed E-state index contributed by atoms with van der Waals surface area (Å²) in [6, 6.07) is 12.2. The van der Waals surface area contributed by atoms with Crippen LogP contribution in [0.5, 0.6) is 0 Å². The van der Waals surface area contributed by atoms with Crippen molar-refractivity contribution >= 4 is 6.09 Å². The maximum absolute atomic E-state index is 13.0. The lowest BCUT2D eigenvalue weighted by molar-refractivity contribution is -0.137. The fourth-order valence-corrected chi connectivity index (χ4v) is 4.64. The highest BCUT2D eigenvalue weighted by molar-refractivity contribution is 5.68. The smallest absolute Gasteiger partial charge is 0.416 e. The maximum atomic E-state index is 13.0. The summed E-state index contributed by atoms with van der Waals surface area (Å²) >= 11 is 0. The number of unbranched alkanes of at least 4 members (excludes halogenated alkanes) is 8. The molecule has 1 heterocycles. The molecule has 0 spiro atoms. The molecule has 3 aromatic rings. The summed E-state index contributed by atoms with van der Waals surface area (Å²) in [4.78, 5) is 17.1. The van der Waals surface area contributed by atoms with Gasteiger partial charge in [0.15, 0.2) is 0 Å². The van der Waals surface area contributed by atoms with Gasteiger partial charge < -0.3 is 14.6 Å². The summed E-state index contributed by atoms with van der Waals surface area (Å²) < 4.78 is 50.2. The van der Waals surface area contributed by atoms with E-state index in [9.17, 15) is 18.0 Å². The Morgan fingerprint density at radius 3 is 2.05 bits per heavy atom. The Kier molecular flexibility index (Phi) is 12.4. The maximum Gasteiger partial charge on any atom is 0.416 e. The molecule has 3 rings (SSSR count). The molecule has 1 aromatic heterocycles. The molecule has 0 aliphatic heterocycles. The number of nitrogens with zero attached hydrogens (tertiary/aromatic N) is 2. The fraction of sp³-hybridized carbons (Fsp3) is 0.545. The van der Waals surface area contributed by atoms with Crippen molar-refractivity contribution in [2.75, 3.05) is 0 Å². The number of carbonyl (C=O) groups is 1. The summed E-state index contributed by atoms with van der Waals surface area (Å²) in [6.45, 7) is 7.74. The number of alkyl halides is 3. The van der Waals surface area contributed by atoms with Crippen molar-refractivity contribution in [3.63, 3.8) is 0 Å². The zero-order valence-corrected chi connectivity index (χ0v) is 25.2. The quantitative estimate of drug-likeness (QED) is 0.179. The molecule has 0 bridgehead atoms. The third-order valence-electron chi connectivity index (χ3n) is 6.93. The van der Waals surface area contributed by atoms with Crippen molar-refractivity contribution in [1.29, 1.82) is 0 Å². The van der Waals surface area contributed by atoms with E-state index in [-0.39, 0.29) is 6.42 Å². The largest absolute Gasteiger partial charge is 0.441 e. The van der Waals surface area contributed by atoms with Crippen LogP contribution in [0.4, 0.5) is 18.0 Å². The Bertz CT molecular complexity index is 1220. The molecule has 1 amide bonds. The SMILES string of the molecule is CCCCCCCCCCCc1nc(-c2ccc(C(Cc3ccc(C(F)(F)F)cc3)OC(=O)NC(C)(C)C)cc2)no1. The first-order valence-electron chi connectivity index (χ1n) is 15.0. The molecule has 0 saturated heterocycles. The van der Waals surface area contributed by atoms with Gasteiger partial charge in [-0.2, -0.15) is 18.2 Å². The van der Waals surface area contributed by atoms with Gasteiger partial charge in [0, 0.05) is 23.9 Å². The van der Waals surface area contributed by atoms with Gasteiger partial charge in [0.05, 0.1) is 5.56 Å². The fourth-order valence-electron chi connectivity index (χ4n) is 4.64. The third-order valence-corrected chi connectivity index (χ3v) is 6.93. The van der Waals surface area contributed by atoms with E-state index in [1.165, 1.54) is 57.1 Å². The van der Waals surface area contributed by atoms with Gasteiger partial charge in [0.2, 0.25) is 11.7 Å². The van der Waals surface area contributed by atoms with Crippen LogP contribution in [0.2, 0.25) is 0 Å². The number of nitrogens with one attached hydrogen (secondary N) is 1. The van der Waals surface area contributed by atoms with E-state index in [0.717, 1.165) is 37.0 Å². The lowest BCUT2D eigenvalue weighted by Crippen LogP contribution is -2.41. The van der Waals surface area contributed by atoms with E-state index in [0.29, 0.717) is 22.8 Å². The Morgan fingerprint density at radius 1 is 0.881 bits per heavy atom. The Hall–Kier alpha value is -3.36. The number of aromatic nitrogens is 2. The Balaban J connectivity index is 1.61. The van der Waals surface area contributed by atoms with Gasteiger partial charge in [0.1, 0.15) is 6.10 Å². The number of carbonyl (C=O) groups excluding carboxylic acids is 1. The number of aryl methyl sites for hydroxylation is 1. The minimum Gasteiger partial charge on any atom is -0.441 e. The number of amides is 1. The highest BCUT2D eigenvalue weighted by Gasteiger charge is 2.30. The lowest BCUT2D eigenvalue weighted by Gasteiger charge is -2.24. The summed E-state index contributed by atoms with van der Waals surface area (Å²) in [7, 11) is 0. The monoisotopic (exact) mass is 587 g/mol. The number of ether oxygens (including phenoxy) is 1. The molecule has 1 unspecified atom stereocenters. The molecular formula is C33H44F3N3O3. The second-order valence-electron chi connectivity index (χ2n) is 11.9. The highest BCUT2D eigenvalue weighted by Crippen LogP contribution is 2.31. The second-order valence-corrected chi connectivity index (χ2v) is 11.9. The van der Waals surface area contributed by atoms with Gasteiger partial charge in [0.25, 0.3) is 0 Å². The first-order chi connectivity index (χ1) is 19.9. The molecule has 0 saturated carbocycles. The lowest BCUT2D eigenvalue weighted by atomic mass is 9.99. The van der Waals surface area contributed by atoms with Crippen LogP contribution < -0.4 is 5.32 Å². The van der Waals surface area contributed by atoms with Crippen LogP contribution in [0.25, 0.3) is 11.4 Å². The average molecular weight is 588 g/mol. The van der Waals surface area contributed by atoms with Crippen LogP contribution in [-0.2, 0) is 23.8 Å². The molecule has 230 valence electrons. The molecule has 9 heteroatoms. The molecule has 0 aliphatic rings. The number of alkyl carbamates (subject to hydrolysis) is 1. The van der Waals surface area contributed by atoms with Crippen LogP contribution in [0.1, 0.15) is 114 Å². The Labute approximate surface area is 247 Å². The molecule has 6 nitrogen and oxygen atoms in total. The van der Waals surface area contributed by atoms with Crippen LogP contribution in [0, 0.1) is 0 Å². The first kappa shape index (κ1) is 33.1. The van der Waals surface area contributed by atoms with Gasteiger partial charge in [-0.25, -0.2) is 4.79 Å². The van der Waals surface area contributed by atoms with E-state index in [1.807, 2.05) is 45.0 Å². The van der Waals surface area contributed by atoms with Crippen molar-refractivity contribution in [2.24, 2.45) is 0 Å². The molecule has 1 N–H and O–H groups in total. The van der Waals surface area contributed by atoms with Gasteiger partial charge in [-0.3, -0.25) is 0 Å². The first-order valence-corrected chi connectivity index (χ1v) is 15.0. The summed E-state index contributed by atoms with van der Waals surface area (Å²) in [5.41, 5.74) is 0.829. The van der Waals surface area contributed by atoms with E-state index in [1.54, 1.807) is 0 Å². The molecular weight excluding hydrogens is 543 g/mol. The topological polar surface area (TPSA) is 77.2 Å².